The molecule has 0 heterocycles. The third-order valence-corrected chi connectivity index (χ3v) is 13.4. The fourth-order valence-electron chi connectivity index (χ4n) is 9.54. The number of nitrogens with one attached hydrogen (secondary N) is 2. The Morgan fingerprint density at radius 1 is 0.282 bits per heavy atom. The van der Waals surface area contributed by atoms with E-state index in [1.807, 2.05) is 154 Å². The van der Waals surface area contributed by atoms with Crippen molar-refractivity contribution < 1.29 is 9.59 Å². The second-order valence-electron chi connectivity index (χ2n) is 21.3. The van der Waals surface area contributed by atoms with Crippen LogP contribution in [0.2, 0.25) is 0 Å². The van der Waals surface area contributed by atoms with Gasteiger partial charge in [-0.15, -0.1) is 0 Å². The van der Waals surface area contributed by atoms with Crippen LogP contribution in [0.1, 0.15) is 67.8 Å². The van der Waals surface area contributed by atoms with Crippen LogP contribution in [0.5, 0.6) is 0 Å². The van der Waals surface area contributed by atoms with Crippen LogP contribution in [0.3, 0.4) is 0 Å². The molecule has 0 saturated heterocycles. The zero-order valence-electron chi connectivity index (χ0n) is 45.0. The number of rotatable bonds is 15. The third-order valence-electron chi connectivity index (χ3n) is 13.4. The summed E-state index contributed by atoms with van der Waals surface area (Å²) in [5, 5.41) is 6.20. The van der Waals surface area contributed by atoms with E-state index in [0.29, 0.717) is 16.8 Å². The van der Waals surface area contributed by atoms with E-state index in [-0.39, 0.29) is 22.8 Å². The standard InChI is InChI=1S/C70H64N6O2/c1-69(2,3)53-31-39-61(40-32-53)74(57-23-15-9-16-24-57)64-45-47-65(48-46-64)75(58-25-17-10-18-26-58)62-41-33-54(34-42-62)71-67(77)51-27-35-59(36-28-51)76(60-37-29-52(30-38-60)68(78)72-70(4,5)6)66-49-43-63(44-50-66)73(55-19-11-7-12-20-55)56-21-13-8-14-22-56/h7-50H,1-6H3,(H,71,77)(H,72,78). The monoisotopic (exact) mass is 1020 g/mol. The molecule has 0 aliphatic rings. The minimum Gasteiger partial charge on any atom is -0.347 e. The zero-order chi connectivity index (χ0) is 54.2. The molecule has 8 heteroatoms. The van der Waals surface area contributed by atoms with Gasteiger partial charge in [0.1, 0.15) is 0 Å². The van der Waals surface area contributed by atoms with Crippen LogP contribution < -0.4 is 30.2 Å². The lowest BCUT2D eigenvalue weighted by Gasteiger charge is -2.29. The smallest absolute Gasteiger partial charge is 0.255 e. The van der Waals surface area contributed by atoms with Gasteiger partial charge < -0.3 is 30.2 Å². The molecule has 10 aromatic carbocycles. The molecule has 2 N–H and O–H groups in total. The Hall–Kier alpha value is -9.66. The second kappa shape index (κ2) is 22.7. The van der Waals surface area contributed by atoms with E-state index in [4.69, 9.17) is 0 Å². The van der Waals surface area contributed by atoms with Crippen molar-refractivity contribution in [3.8, 4) is 0 Å². The Morgan fingerprint density at radius 2 is 0.513 bits per heavy atom. The SMILES string of the molecule is CC(C)(C)NC(=O)c1ccc(N(c2ccc(C(=O)Nc3ccc(N(c4ccccc4)c4ccc(N(c5ccccc5)c5ccc(C(C)(C)C)cc5)cc4)cc3)cc2)c2ccc(N(c3ccccc3)c3ccccc3)cc2)cc1. The van der Waals surface area contributed by atoms with Crippen molar-refractivity contribution >= 4 is 85.8 Å². The van der Waals surface area contributed by atoms with E-state index in [0.717, 1.165) is 68.2 Å². The largest absolute Gasteiger partial charge is 0.347 e. The first-order valence-electron chi connectivity index (χ1n) is 26.4. The van der Waals surface area contributed by atoms with Gasteiger partial charge >= 0.3 is 0 Å². The van der Waals surface area contributed by atoms with E-state index in [1.165, 1.54) is 5.56 Å². The maximum absolute atomic E-state index is 14.0. The molecule has 0 spiro atoms. The molecule has 0 aliphatic heterocycles. The lowest BCUT2D eigenvalue weighted by molar-refractivity contribution is 0.0919. The van der Waals surface area contributed by atoms with Gasteiger partial charge in [0.2, 0.25) is 0 Å². The van der Waals surface area contributed by atoms with Gasteiger partial charge in [-0.1, -0.05) is 106 Å². The van der Waals surface area contributed by atoms with E-state index < -0.39 is 0 Å². The number of hydrogen-bond donors (Lipinski definition) is 2. The molecule has 78 heavy (non-hydrogen) atoms. The van der Waals surface area contributed by atoms with Crippen LogP contribution in [0, 0.1) is 0 Å². The molecule has 0 atom stereocenters. The minimum absolute atomic E-state index is 0.0515. The summed E-state index contributed by atoms with van der Waals surface area (Å²) in [6, 6.07) is 90.5. The molecule has 2 amide bonds. The molecule has 0 unspecified atom stereocenters. The number of carbonyl (C=O) groups excluding carboxylic acids is 2. The minimum atomic E-state index is -0.375. The molecule has 0 fully saturated rings. The lowest BCUT2D eigenvalue weighted by atomic mass is 9.87. The van der Waals surface area contributed by atoms with Crippen molar-refractivity contribution in [3.63, 3.8) is 0 Å². The number of nitrogens with zero attached hydrogens (tertiary/aromatic N) is 4. The zero-order valence-corrected chi connectivity index (χ0v) is 45.0. The molecule has 0 aromatic heterocycles. The first kappa shape index (κ1) is 51.8. The summed E-state index contributed by atoms with van der Waals surface area (Å²) in [4.78, 5) is 36.0. The summed E-state index contributed by atoms with van der Waals surface area (Å²) in [6.45, 7) is 12.6. The molecular weight excluding hydrogens is 957 g/mol. The van der Waals surface area contributed by atoms with E-state index in [2.05, 4.69) is 184 Å². The number of para-hydroxylation sites is 4. The topological polar surface area (TPSA) is 71.2 Å². The Morgan fingerprint density at radius 3 is 0.782 bits per heavy atom. The Bertz CT molecular complexity index is 3520. The van der Waals surface area contributed by atoms with Crippen LogP contribution >= 0.6 is 0 Å². The first-order chi connectivity index (χ1) is 37.8. The number of amides is 2. The van der Waals surface area contributed by atoms with Crippen LogP contribution in [0.15, 0.2) is 267 Å². The highest BCUT2D eigenvalue weighted by molar-refractivity contribution is 6.05. The maximum Gasteiger partial charge on any atom is 0.255 e. The van der Waals surface area contributed by atoms with Gasteiger partial charge in [-0.05, 0) is 214 Å². The Kier molecular flexibility index (Phi) is 15.1. The average Bonchev–Trinajstić information content (AvgIpc) is 3.47. The van der Waals surface area contributed by atoms with Gasteiger partial charge in [0.05, 0.1) is 0 Å². The van der Waals surface area contributed by atoms with Crippen molar-refractivity contribution in [1.82, 2.24) is 5.32 Å². The highest BCUT2D eigenvalue weighted by atomic mass is 16.2. The number of anilines is 13. The Balaban J connectivity index is 0.899. The normalized spacial score (nSPS) is 11.3. The number of carbonyl (C=O) groups is 2. The predicted molar refractivity (Wildman–Crippen MR) is 325 cm³/mol. The molecule has 0 saturated carbocycles. The van der Waals surface area contributed by atoms with Crippen molar-refractivity contribution in [2.45, 2.75) is 52.5 Å². The quantitative estimate of drug-likeness (QED) is 0.107. The van der Waals surface area contributed by atoms with Crippen LogP contribution in [0.25, 0.3) is 0 Å². The highest BCUT2D eigenvalue weighted by Crippen LogP contribution is 2.42. The van der Waals surface area contributed by atoms with Gasteiger partial charge in [-0.25, -0.2) is 0 Å². The summed E-state index contributed by atoms with van der Waals surface area (Å²) in [6.07, 6.45) is 0. The number of hydrogen-bond acceptors (Lipinski definition) is 6. The van der Waals surface area contributed by atoms with E-state index in [9.17, 15) is 9.59 Å². The van der Waals surface area contributed by atoms with Gasteiger partial charge in [0, 0.05) is 90.6 Å². The summed E-state index contributed by atoms with van der Waals surface area (Å²) < 4.78 is 0. The lowest BCUT2D eigenvalue weighted by Crippen LogP contribution is -2.40. The average molecular weight is 1020 g/mol. The molecule has 10 rings (SSSR count). The van der Waals surface area contributed by atoms with Gasteiger partial charge in [-0.2, -0.15) is 0 Å². The van der Waals surface area contributed by atoms with Crippen molar-refractivity contribution in [2.75, 3.05) is 24.9 Å². The van der Waals surface area contributed by atoms with Crippen LogP contribution in [-0.4, -0.2) is 17.4 Å². The van der Waals surface area contributed by atoms with Gasteiger partial charge in [0.25, 0.3) is 11.8 Å². The number of benzene rings is 10. The van der Waals surface area contributed by atoms with E-state index >= 15 is 0 Å². The maximum atomic E-state index is 14.0. The predicted octanol–water partition coefficient (Wildman–Crippen LogP) is 18.6. The van der Waals surface area contributed by atoms with Crippen LogP contribution in [0.4, 0.5) is 73.9 Å². The Labute approximate surface area is 459 Å². The summed E-state index contributed by atoms with van der Waals surface area (Å²) in [7, 11) is 0. The van der Waals surface area contributed by atoms with Crippen molar-refractivity contribution in [2.24, 2.45) is 0 Å². The highest BCUT2D eigenvalue weighted by Gasteiger charge is 2.21. The molecule has 0 bridgehead atoms. The molecule has 386 valence electrons. The summed E-state index contributed by atoms with van der Waals surface area (Å²) >= 11 is 0. The van der Waals surface area contributed by atoms with Crippen LogP contribution in [-0.2, 0) is 5.41 Å². The van der Waals surface area contributed by atoms with E-state index in [1.54, 1.807) is 0 Å². The molecule has 0 aliphatic carbocycles. The van der Waals surface area contributed by atoms with Crippen molar-refractivity contribution in [3.05, 3.63) is 284 Å². The molecule has 8 nitrogen and oxygen atoms in total. The van der Waals surface area contributed by atoms with Gasteiger partial charge in [0.15, 0.2) is 0 Å². The molecule has 10 aromatic rings. The second-order valence-corrected chi connectivity index (χ2v) is 21.3. The fraction of sp³-hybridized carbons (Fsp3) is 0.114. The van der Waals surface area contributed by atoms with Gasteiger partial charge in [-0.3, -0.25) is 9.59 Å². The fourth-order valence-corrected chi connectivity index (χ4v) is 9.54. The first-order valence-corrected chi connectivity index (χ1v) is 26.4. The third kappa shape index (κ3) is 12.0. The summed E-state index contributed by atoms with van der Waals surface area (Å²) in [5.74, 6) is -0.367. The molecular formula is C70H64N6O2. The summed E-state index contributed by atoms with van der Waals surface area (Å²) in [5.41, 5.74) is 14.5. The van der Waals surface area contributed by atoms with Crippen molar-refractivity contribution in [1.29, 1.82) is 0 Å². The molecule has 0 radical (unpaired) electrons.